The standard InChI is InChI=1S/C18H21N5O2/c19-18(22-10-9-21-17(24)13-4-3-8-20-12-13)23-15-7-11-25-16-6-2-1-5-14(15)16/h1-6,8,12,15H,7,9-11H2,(H,21,24)(H3,19,22,23). The van der Waals surface area contributed by atoms with E-state index in [1.165, 1.54) is 6.20 Å². The topological polar surface area (TPSA) is 102 Å². The smallest absolute Gasteiger partial charge is 0.252 e. The number of benzene rings is 1. The number of carbonyl (C=O) groups excluding carboxylic acids is 1. The van der Waals surface area contributed by atoms with Crippen LogP contribution in [0.4, 0.5) is 0 Å². The van der Waals surface area contributed by atoms with Crippen molar-refractivity contribution in [3.05, 3.63) is 59.9 Å². The first-order valence-electron chi connectivity index (χ1n) is 8.20. The Morgan fingerprint density at radius 2 is 2.20 bits per heavy atom. The molecule has 130 valence electrons. The van der Waals surface area contributed by atoms with Crippen molar-refractivity contribution in [3.8, 4) is 5.75 Å². The molecule has 1 amide bonds. The molecule has 1 aliphatic heterocycles. The summed E-state index contributed by atoms with van der Waals surface area (Å²) in [6, 6.07) is 11.4. The van der Waals surface area contributed by atoms with E-state index in [2.05, 4.69) is 20.6 Å². The molecule has 1 aliphatic rings. The molecular formula is C18H21N5O2. The maximum Gasteiger partial charge on any atom is 0.252 e. The number of aromatic nitrogens is 1. The molecule has 1 aromatic carbocycles. The number of pyridine rings is 1. The Kier molecular flexibility index (Phi) is 5.46. The van der Waals surface area contributed by atoms with Gasteiger partial charge in [0.1, 0.15) is 5.75 Å². The number of para-hydroxylation sites is 1. The molecule has 3 rings (SSSR count). The summed E-state index contributed by atoms with van der Waals surface area (Å²) >= 11 is 0. The lowest BCUT2D eigenvalue weighted by Crippen LogP contribution is -2.38. The molecule has 7 nitrogen and oxygen atoms in total. The number of nitrogens with one attached hydrogen (secondary N) is 2. The average Bonchev–Trinajstić information content (AvgIpc) is 2.66. The molecule has 0 aliphatic carbocycles. The second-order valence-electron chi connectivity index (χ2n) is 5.64. The zero-order valence-electron chi connectivity index (χ0n) is 13.8. The number of nitrogens with zero attached hydrogens (tertiary/aromatic N) is 2. The van der Waals surface area contributed by atoms with Crippen LogP contribution in [-0.2, 0) is 0 Å². The first-order valence-corrected chi connectivity index (χ1v) is 8.20. The maximum absolute atomic E-state index is 11.9. The minimum absolute atomic E-state index is 0.0821. The molecule has 7 heteroatoms. The summed E-state index contributed by atoms with van der Waals surface area (Å²) in [5, 5.41) is 6.00. The Morgan fingerprint density at radius 1 is 1.32 bits per heavy atom. The third-order valence-corrected chi connectivity index (χ3v) is 3.88. The molecule has 0 saturated heterocycles. The Hall–Kier alpha value is -3.09. The highest BCUT2D eigenvalue weighted by Crippen LogP contribution is 2.31. The molecule has 0 saturated carbocycles. The van der Waals surface area contributed by atoms with E-state index < -0.39 is 0 Å². The molecule has 1 aromatic heterocycles. The molecule has 0 bridgehead atoms. The highest BCUT2D eigenvalue weighted by molar-refractivity contribution is 5.93. The number of nitrogens with two attached hydrogens (primary N) is 1. The number of rotatable bonds is 5. The monoisotopic (exact) mass is 339 g/mol. The molecule has 2 heterocycles. The fourth-order valence-corrected chi connectivity index (χ4v) is 2.66. The van der Waals surface area contributed by atoms with E-state index in [9.17, 15) is 4.79 Å². The lowest BCUT2D eigenvalue weighted by Gasteiger charge is -2.26. The number of guanidine groups is 1. The Bertz CT molecular complexity index is 748. The Morgan fingerprint density at radius 3 is 3.04 bits per heavy atom. The van der Waals surface area contributed by atoms with E-state index >= 15 is 0 Å². The van der Waals surface area contributed by atoms with E-state index in [1.807, 2.05) is 24.3 Å². The van der Waals surface area contributed by atoms with Crippen molar-refractivity contribution in [1.82, 2.24) is 15.6 Å². The molecule has 1 atom stereocenters. The summed E-state index contributed by atoms with van der Waals surface area (Å²) in [7, 11) is 0. The largest absolute Gasteiger partial charge is 0.493 e. The predicted molar refractivity (Wildman–Crippen MR) is 95.5 cm³/mol. The van der Waals surface area contributed by atoms with Crippen molar-refractivity contribution < 1.29 is 9.53 Å². The number of fused-ring (bicyclic) bond motifs is 1. The van der Waals surface area contributed by atoms with Crippen LogP contribution in [0.25, 0.3) is 0 Å². The van der Waals surface area contributed by atoms with Crippen LogP contribution >= 0.6 is 0 Å². The summed E-state index contributed by atoms with van der Waals surface area (Å²) in [6.45, 7) is 1.44. The van der Waals surface area contributed by atoms with Crippen molar-refractivity contribution in [3.63, 3.8) is 0 Å². The maximum atomic E-state index is 11.9. The number of ether oxygens (including phenoxy) is 1. The van der Waals surface area contributed by atoms with E-state index in [0.717, 1.165) is 17.7 Å². The Labute approximate surface area is 146 Å². The first kappa shape index (κ1) is 16.8. The molecule has 4 N–H and O–H groups in total. The van der Waals surface area contributed by atoms with E-state index in [0.29, 0.717) is 31.2 Å². The van der Waals surface area contributed by atoms with Crippen LogP contribution in [0.2, 0.25) is 0 Å². The fraction of sp³-hybridized carbons (Fsp3) is 0.278. The van der Waals surface area contributed by atoms with Crippen LogP contribution < -0.4 is 21.1 Å². The van der Waals surface area contributed by atoms with Gasteiger partial charge in [-0.2, -0.15) is 0 Å². The highest BCUT2D eigenvalue weighted by Gasteiger charge is 2.21. The van der Waals surface area contributed by atoms with Crippen molar-refractivity contribution >= 4 is 11.9 Å². The van der Waals surface area contributed by atoms with Crippen molar-refractivity contribution in [2.24, 2.45) is 10.7 Å². The minimum Gasteiger partial charge on any atom is -0.493 e. The van der Waals surface area contributed by atoms with Gasteiger partial charge >= 0.3 is 0 Å². The zero-order chi connectivity index (χ0) is 17.5. The van der Waals surface area contributed by atoms with Crippen LogP contribution in [0.15, 0.2) is 53.8 Å². The number of hydrogen-bond acceptors (Lipinski definition) is 4. The van der Waals surface area contributed by atoms with E-state index in [-0.39, 0.29) is 11.9 Å². The van der Waals surface area contributed by atoms with Crippen LogP contribution in [-0.4, -0.2) is 36.5 Å². The number of amides is 1. The summed E-state index contributed by atoms with van der Waals surface area (Å²) in [6.07, 6.45) is 3.98. The molecule has 25 heavy (non-hydrogen) atoms. The van der Waals surface area contributed by atoms with Crippen LogP contribution in [0, 0.1) is 0 Å². The van der Waals surface area contributed by atoms with Gasteiger partial charge in [-0.25, -0.2) is 0 Å². The van der Waals surface area contributed by atoms with Gasteiger partial charge in [0.2, 0.25) is 0 Å². The van der Waals surface area contributed by atoms with Gasteiger partial charge in [0.25, 0.3) is 5.91 Å². The van der Waals surface area contributed by atoms with Gasteiger partial charge < -0.3 is 21.1 Å². The van der Waals surface area contributed by atoms with Crippen LogP contribution in [0.3, 0.4) is 0 Å². The average molecular weight is 339 g/mol. The van der Waals surface area contributed by atoms with E-state index in [1.54, 1.807) is 18.3 Å². The molecule has 0 radical (unpaired) electrons. The van der Waals surface area contributed by atoms with E-state index in [4.69, 9.17) is 10.5 Å². The summed E-state index contributed by atoms with van der Waals surface area (Å²) in [4.78, 5) is 20.1. The Balaban J connectivity index is 1.48. The molecular weight excluding hydrogens is 318 g/mol. The first-order chi connectivity index (χ1) is 12.2. The number of aliphatic imine (C=N–C) groups is 1. The highest BCUT2D eigenvalue weighted by atomic mass is 16.5. The minimum atomic E-state index is -0.173. The van der Waals surface area contributed by atoms with Gasteiger partial charge in [-0.3, -0.25) is 14.8 Å². The third kappa shape index (κ3) is 4.47. The van der Waals surface area contributed by atoms with Gasteiger partial charge in [0.05, 0.1) is 24.8 Å². The zero-order valence-corrected chi connectivity index (χ0v) is 13.8. The van der Waals surface area contributed by atoms with Gasteiger partial charge in [-0.1, -0.05) is 18.2 Å². The second kappa shape index (κ2) is 8.14. The quantitative estimate of drug-likeness (QED) is 0.432. The SMILES string of the molecule is NC(=NCCNC(=O)c1cccnc1)NC1CCOc2ccccc21. The van der Waals surface area contributed by atoms with Crippen molar-refractivity contribution in [2.45, 2.75) is 12.5 Å². The summed E-state index contributed by atoms with van der Waals surface area (Å²) in [5.41, 5.74) is 7.57. The lowest BCUT2D eigenvalue weighted by atomic mass is 10.0. The van der Waals surface area contributed by atoms with Gasteiger partial charge in [0, 0.05) is 30.9 Å². The third-order valence-electron chi connectivity index (χ3n) is 3.88. The predicted octanol–water partition coefficient (Wildman–Crippen LogP) is 1.24. The van der Waals surface area contributed by atoms with Gasteiger partial charge in [0.15, 0.2) is 5.96 Å². The van der Waals surface area contributed by atoms with Gasteiger partial charge in [-0.05, 0) is 18.2 Å². The fourth-order valence-electron chi connectivity index (χ4n) is 2.66. The number of hydrogen-bond donors (Lipinski definition) is 3. The lowest BCUT2D eigenvalue weighted by molar-refractivity contribution is 0.0954. The van der Waals surface area contributed by atoms with Crippen molar-refractivity contribution in [1.29, 1.82) is 0 Å². The van der Waals surface area contributed by atoms with Crippen LogP contribution in [0.5, 0.6) is 5.75 Å². The summed E-state index contributed by atoms with van der Waals surface area (Å²) < 4.78 is 5.63. The normalized spacial score (nSPS) is 16.5. The number of carbonyl (C=O) groups is 1. The molecule has 0 fully saturated rings. The van der Waals surface area contributed by atoms with Crippen LogP contribution in [0.1, 0.15) is 28.4 Å². The molecule has 1 unspecified atom stereocenters. The van der Waals surface area contributed by atoms with Gasteiger partial charge in [-0.15, -0.1) is 0 Å². The molecule has 2 aromatic rings. The summed E-state index contributed by atoms with van der Waals surface area (Å²) in [5.74, 6) is 1.06. The second-order valence-corrected chi connectivity index (χ2v) is 5.64. The molecule has 0 spiro atoms. The van der Waals surface area contributed by atoms with Crippen molar-refractivity contribution in [2.75, 3.05) is 19.7 Å².